The first-order valence-electron chi connectivity index (χ1n) is 3.98. The third-order valence-electron chi connectivity index (χ3n) is 1.71. The van der Waals surface area contributed by atoms with Gasteiger partial charge in [0.25, 0.3) is 0 Å². The molecule has 0 atom stereocenters. The van der Waals surface area contributed by atoms with Gasteiger partial charge in [0.15, 0.2) is 0 Å². The fourth-order valence-corrected chi connectivity index (χ4v) is 1.12. The van der Waals surface area contributed by atoms with Crippen molar-refractivity contribution < 1.29 is 1.43 Å². The highest BCUT2D eigenvalue weighted by atomic mass is 79.9. The molecular weight excluding hydrogens is 224 g/mol. The molecule has 0 saturated carbocycles. The Bertz CT molecular complexity index is 348. The molecule has 0 nitrogen and oxygen atoms in total. The first-order valence-corrected chi connectivity index (χ1v) is 3.98. The molecule has 0 amide bonds. The van der Waals surface area contributed by atoms with Crippen LogP contribution in [0.4, 0.5) is 0 Å². The fourth-order valence-electron chi connectivity index (χ4n) is 1.12. The summed E-state index contributed by atoms with van der Waals surface area (Å²) >= 11 is 0. The van der Waals surface area contributed by atoms with Gasteiger partial charge in [0.1, 0.15) is 0 Å². The Labute approximate surface area is 91.9 Å². The van der Waals surface area contributed by atoms with Crippen LogP contribution in [0.1, 0.15) is 25.0 Å². The van der Waals surface area contributed by atoms with E-state index >= 15 is 0 Å². The molecule has 0 bridgehead atoms. The van der Waals surface area contributed by atoms with E-state index in [-0.39, 0.29) is 18.4 Å². The van der Waals surface area contributed by atoms with E-state index in [0.29, 0.717) is 0 Å². The van der Waals surface area contributed by atoms with Gasteiger partial charge in [-0.15, -0.1) is 23.4 Å². The average Bonchev–Trinajstić information content (AvgIpc) is 2.08. The summed E-state index contributed by atoms with van der Waals surface area (Å²) < 4.78 is 0. The van der Waals surface area contributed by atoms with Gasteiger partial charge in [-0.1, -0.05) is 30.2 Å². The number of hydrogen-bond acceptors (Lipinski definition) is 0. The largest absolute Gasteiger partial charge is 0.115 e. The number of rotatable bonds is 1. The van der Waals surface area contributed by atoms with Crippen LogP contribution in [0.25, 0.3) is 6.08 Å². The second-order valence-electron chi connectivity index (χ2n) is 2.74. The third-order valence-corrected chi connectivity index (χ3v) is 1.71. The molecule has 0 aromatic heterocycles. The Hall–Kier alpha value is -1.00. The zero-order valence-electron chi connectivity index (χ0n) is 7.87. The van der Waals surface area contributed by atoms with Gasteiger partial charge in [0.05, 0.1) is 0 Å². The Morgan fingerprint density at radius 2 is 2.15 bits per heavy atom. The SMILES string of the molecule is Br.C#Cc1cc(C)ccc1/C=C\C.[HH]. The Balaban J connectivity index is 0. The van der Waals surface area contributed by atoms with Gasteiger partial charge in [0.2, 0.25) is 0 Å². The predicted octanol–water partition coefficient (Wildman–Crippen LogP) is 3.83. The zero-order valence-corrected chi connectivity index (χ0v) is 9.59. The minimum absolute atomic E-state index is 0. The molecule has 0 aliphatic rings. The van der Waals surface area contributed by atoms with E-state index in [0.717, 1.165) is 11.1 Å². The van der Waals surface area contributed by atoms with Crippen molar-refractivity contribution >= 4 is 23.1 Å². The summed E-state index contributed by atoms with van der Waals surface area (Å²) in [6.07, 6.45) is 9.38. The first-order chi connectivity index (χ1) is 5.77. The summed E-state index contributed by atoms with van der Waals surface area (Å²) in [7, 11) is 0. The van der Waals surface area contributed by atoms with Crippen LogP contribution in [-0.4, -0.2) is 0 Å². The van der Waals surface area contributed by atoms with Crippen LogP contribution in [0.2, 0.25) is 0 Å². The van der Waals surface area contributed by atoms with Crippen molar-refractivity contribution in [2.24, 2.45) is 0 Å². The minimum atomic E-state index is 0. The van der Waals surface area contributed by atoms with E-state index < -0.39 is 0 Å². The van der Waals surface area contributed by atoms with E-state index in [1.54, 1.807) is 0 Å². The van der Waals surface area contributed by atoms with Crippen molar-refractivity contribution in [1.29, 1.82) is 0 Å². The number of allylic oxidation sites excluding steroid dienone is 1. The van der Waals surface area contributed by atoms with E-state index in [2.05, 4.69) is 12.0 Å². The van der Waals surface area contributed by atoms with Crippen molar-refractivity contribution in [3.05, 3.63) is 41.0 Å². The lowest BCUT2D eigenvalue weighted by atomic mass is 10.0. The first kappa shape index (κ1) is 12.0. The lowest BCUT2D eigenvalue weighted by Crippen LogP contribution is -1.82. The van der Waals surface area contributed by atoms with Crippen molar-refractivity contribution in [1.82, 2.24) is 0 Å². The molecule has 70 valence electrons. The second-order valence-corrected chi connectivity index (χ2v) is 2.74. The molecule has 0 N–H and O–H groups in total. The molecule has 0 unspecified atom stereocenters. The molecule has 1 aromatic rings. The van der Waals surface area contributed by atoms with E-state index in [1.165, 1.54) is 5.56 Å². The predicted molar refractivity (Wildman–Crippen MR) is 66.3 cm³/mol. The van der Waals surface area contributed by atoms with E-state index in [1.807, 2.05) is 38.1 Å². The highest BCUT2D eigenvalue weighted by Gasteiger charge is 1.94. The van der Waals surface area contributed by atoms with Gasteiger partial charge in [-0.25, -0.2) is 0 Å². The standard InChI is InChI=1S/C12H12.BrH.H2/c1-4-6-12-8-7-10(3)9-11(12)5-2;;/h2,4,6-9H,1,3H3;2*1H/b6-4-;;. The molecule has 0 fully saturated rings. The van der Waals surface area contributed by atoms with Crippen molar-refractivity contribution in [3.8, 4) is 12.3 Å². The third kappa shape index (κ3) is 3.08. The fraction of sp³-hybridized carbons (Fsp3) is 0.167. The van der Waals surface area contributed by atoms with Crippen molar-refractivity contribution in [3.63, 3.8) is 0 Å². The summed E-state index contributed by atoms with van der Waals surface area (Å²) in [6, 6.07) is 6.13. The normalized spacial score (nSPS) is 9.31. The van der Waals surface area contributed by atoms with Crippen LogP contribution in [-0.2, 0) is 0 Å². The lowest BCUT2D eigenvalue weighted by Gasteiger charge is -1.99. The van der Waals surface area contributed by atoms with Crippen LogP contribution in [0.3, 0.4) is 0 Å². The second kappa shape index (κ2) is 5.61. The van der Waals surface area contributed by atoms with Crippen LogP contribution >= 0.6 is 17.0 Å². The molecule has 13 heavy (non-hydrogen) atoms. The monoisotopic (exact) mass is 238 g/mol. The van der Waals surface area contributed by atoms with Crippen LogP contribution in [0.5, 0.6) is 0 Å². The summed E-state index contributed by atoms with van der Waals surface area (Å²) in [5.74, 6) is 2.67. The molecule has 0 aliphatic heterocycles. The number of benzene rings is 1. The molecule has 0 heterocycles. The Kier molecular flexibility index (Phi) is 5.18. The quantitative estimate of drug-likeness (QED) is 0.653. The van der Waals surface area contributed by atoms with E-state index in [9.17, 15) is 0 Å². The van der Waals surface area contributed by atoms with Gasteiger partial charge >= 0.3 is 0 Å². The zero-order chi connectivity index (χ0) is 8.97. The molecule has 1 heteroatoms. The molecule has 0 radical (unpaired) electrons. The lowest BCUT2D eigenvalue weighted by molar-refractivity contribution is 1.44. The van der Waals surface area contributed by atoms with Gasteiger partial charge in [-0.3, -0.25) is 0 Å². The van der Waals surface area contributed by atoms with Gasteiger partial charge in [0, 0.05) is 6.99 Å². The van der Waals surface area contributed by atoms with Crippen LogP contribution in [0, 0.1) is 19.3 Å². The Morgan fingerprint density at radius 3 is 2.69 bits per heavy atom. The maximum Gasteiger partial charge on any atom is 0.0317 e. The van der Waals surface area contributed by atoms with Gasteiger partial charge < -0.3 is 0 Å². The maximum atomic E-state index is 5.37. The maximum absolute atomic E-state index is 5.37. The summed E-state index contributed by atoms with van der Waals surface area (Å²) in [5, 5.41) is 0. The number of terminal acetylenes is 1. The van der Waals surface area contributed by atoms with Crippen molar-refractivity contribution in [2.75, 3.05) is 0 Å². The van der Waals surface area contributed by atoms with Crippen molar-refractivity contribution in [2.45, 2.75) is 13.8 Å². The molecule has 1 rings (SSSR count). The number of hydrogen-bond donors (Lipinski definition) is 0. The van der Waals surface area contributed by atoms with E-state index in [4.69, 9.17) is 6.42 Å². The number of aryl methyl sites for hydroxylation is 1. The van der Waals surface area contributed by atoms with Gasteiger partial charge in [-0.2, -0.15) is 0 Å². The van der Waals surface area contributed by atoms with Crippen LogP contribution < -0.4 is 0 Å². The van der Waals surface area contributed by atoms with Gasteiger partial charge in [-0.05, 0) is 31.0 Å². The topological polar surface area (TPSA) is 0 Å². The summed E-state index contributed by atoms with van der Waals surface area (Å²) in [5.41, 5.74) is 3.29. The van der Waals surface area contributed by atoms with Crippen LogP contribution in [0.15, 0.2) is 24.3 Å². The summed E-state index contributed by atoms with van der Waals surface area (Å²) in [6.45, 7) is 4.03. The molecule has 1 aromatic carbocycles. The Morgan fingerprint density at radius 1 is 1.46 bits per heavy atom. The summed E-state index contributed by atoms with van der Waals surface area (Å²) in [4.78, 5) is 0. The molecule has 0 saturated heterocycles. The molecule has 0 spiro atoms. The smallest absolute Gasteiger partial charge is 0.0317 e. The highest BCUT2D eigenvalue weighted by molar-refractivity contribution is 8.93. The molecule has 0 aliphatic carbocycles. The highest BCUT2D eigenvalue weighted by Crippen LogP contribution is 2.11. The number of halogens is 1. The molecular formula is C12H15Br. The minimum Gasteiger partial charge on any atom is -0.115 e. The average molecular weight is 239 g/mol.